The van der Waals surface area contributed by atoms with Gasteiger partial charge in [-0.1, -0.05) is 36.3 Å². The second kappa shape index (κ2) is 6.85. The van der Waals surface area contributed by atoms with Crippen molar-refractivity contribution in [3.63, 3.8) is 0 Å². The first-order chi connectivity index (χ1) is 11.9. The maximum atomic E-state index is 12.5. The van der Waals surface area contributed by atoms with E-state index >= 15 is 0 Å². The third kappa shape index (κ3) is 4.18. The highest BCUT2D eigenvalue weighted by Crippen LogP contribution is 2.32. The van der Waals surface area contributed by atoms with E-state index in [4.69, 9.17) is 0 Å². The Hall–Kier alpha value is -2.38. The molecule has 0 atom stereocenters. The molecule has 8 heteroatoms. The molecule has 134 valence electrons. The van der Waals surface area contributed by atoms with Gasteiger partial charge in [-0.3, -0.25) is 4.79 Å². The lowest BCUT2D eigenvalue weighted by atomic mass is 10.1. The van der Waals surface area contributed by atoms with Crippen molar-refractivity contribution in [1.29, 1.82) is 0 Å². The van der Waals surface area contributed by atoms with E-state index < -0.39 is 12.1 Å². The van der Waals surface area contributed by atoms with Crippen LogP contribution in [0.3, 0.4) is 0 Å². The molecule has 1 heterocycles. The van der Waals surface area contributed by atoms with Crippen LogP contribution < -0.4 is 0 Å². The van der Waals surface area contributed by atoms with Crippen LogP contribution in [0.15, 0.2) is 28.8 Å². The van der Waals surface area contributed by atoms with Gasteiger partial charge >= 0.3 is 12.1 Å². The van der Waals surface area contributed by atoms with Crippen LogP contribution in [-0.2, 0) is 17.5 Å². The van der Waals surface area contributed by atoms with E-state index in [9.17, 15) is 18.0 Å². The summed E-state index contributed by atoms with van der Waals surface area (Å²) in [6, 6.07) is 6.79. The smallest absolute Gasteiger partial charge is 0.338 e. The molecule has 0 aliphatic heterocycles. The number of carbonyl (C=O) groups excluding carboxylic acids is 1. The summed E-state index contributed by atoms with van der Waals surface area (Å²) >= 11 is 0. The van der Waals surface area contributed by atoms with Gasteiger partial charge in [0.1, 0.15) is 0 Å². The first kappa shape index (κ1) is 17.4. The molecule has 1 aliphatic rings. The number of amides is 1. The summed E-state index contributed by atoms with van der Waals surface area (Å²) in [6.07, 6.45) is -1.87. The fourth-order valence-electron chi connectivity index (χ4n) is 2.56. The van der Waals surface area contributed by atoms with Crippen LogP contribution in [0.25, 0.3) is 11.4 Å². The lowest BCUT2D eigenvalue weighted by Crippen LogP contribution is -2.32. The number of rotatable bonds is 6. The molecule has 25 heavy (non-hydrogen) atoms. The molecule has 0 radical (unpaired) electrons. The summed E-state index contributed by atoms with van der Waals surface area (Å²) < 4.78 is 41.8. The van der Waals surface area contributed by atoms with Crippen molar-refractivity contribution in [3.8, 4) is 11.4 Å². The highest BCUT2D eigenvalue weighted by atomic mass is 19.4. The Kier molecular flexibility index (Phi) is 4.78. The highest BCUT2D eigenvalue weighted by molar-refractivity contribution is 5.81. The van der Waals surface area contributed by atoms with Crippen molar-refractivity contribution < 1.29 is 22.5 Å². The molecule has 0 unspecified atom stereocenters. The lowest BCUT2D eigenvalue weighted by Gasteiger charge is -2.22. The molecule has 0 N–H and O–H groups in total. The zero-order valence-corrected chi connectivity index (χ0v) is 13.7. The number of aromatic nitrogens is 2. The van der Waals surface area contributed by atoms with Crippen LogP contribution in [0.1, 0.15) is 37.6 Å². The first-order valence-corrected chi connectivity index (χ1v) is 8.17. The average Bonchev–Trinajstić information content (AvgIpc) is 3.29. The molecule has 2 aromatic rings. The van der Waals surface area contributed by atoms with E-state index in [-0.39, 0.29) is 17.6 Å². The number of carbonyl (C=O) groups is 1. The minimum atomic E-state index is -4.66. The number of hydrogen-bond donors (Lipinski definition) is 0. The van der Waals surface area contributed by atoms with E-state index in [1.165, 1.54) is 0 Å². The lowest BCUT2D eigenvalue weighted by molar-refractivity contribution is -0.159. The number of alkyl halides is 3. The predicted molar refractivity (Wildman–Crippen MR) is 83.2 cm³/mol. The summed E-state index contributed by atoms with van der Waals surface area (Å²) in [6.45, 7) is 3.20. The zero-order valence-electron chi connectivity index (χ0n) is 13.7. The standard InChI is InChI=1S/C17H18F3N3O2/c1-2-9-23(15(24)13-7-8-13)10-11-3-5-12(6-4-11)14-21-16(25-22-14)17(18,19)20/h3-6,13H,2,7-10H2,1H3. The molecule has 5 nitrogen and oxygen atoms in total. The van der Waals surface area contributed by atoms with Gasteiger partial charge in [-0.2, -0.15) is 18.2 Å². The van der Waals surface area contributed by atoms with Gasteiger partial charge in [0, 0.05) is 24.6 Å². The molecule has 1 fully saturated rings. The van der Waals surface area contributed by atoms with Crippen LogP contribution in [0.4, 0.5) is 13.2 Å². The van der Waals surface area contributed by atoms with Crippen molar-refractivity contribution >= 4 is 5.91 Å². The van der Waals surface area contributed by atoms with Crippen LogP contribution >= 0.6 is 0 Å². The Morgan fingerprint density at radius 2 is 1.96 bits per heavy atom. The molecule has 1 amide bonds. The number of halogens is 3. The van der Waals surface area contributed by atoms with Gasteiger partial charge in [0.2, 0.25) is 11.7 Å². The van der Waals surface area contributed by atoms with Crippen molar-refractivity contribution in [3.05, 3.63) is 35.7 Å². The Balaban J connectivity index is 1.71. The third-order valence-electron chi connectivity index (χ3n) is 3.99. The topological polar surface area (TPSA) is 59.2 Å². The van der Waals surface area contributed by atoms with E-state index in [1.807, 2.05) is 11.8 Å². The van der Waals surface area contributed by atoms with E-state index in [0.29, 0.717) is 18.7 Å². The molecular formula is C17H18F3N3O2. The van der Waals surface area contributed by atoms with Gasteiger partial charge in [0.15, 0.2) is 0 Å². The van der Waals surface area contributed by atoms with Gasteiger partial charge in [-0.15, -0.1) is 0 Å². The van der Waals surface area contributed by atoms with E-state index in [1.54, 1.807) is 24.3 Å². The molecule has 0 saturated heterocycles. The predicted octanol–water partition coefficient (Wildman–Crippen LogP) is 3.90. The van der Waals surface area contributed by atoms with E-state index in [0.717, 1.165) is 24.8 Å². The van der Waals surface area contributed by atoms with Crippen molar-refractivity contribution in [2.75, 3.05) is 6.54 Å². The molecular weight excluding hydrogens is 335 g/mol. The number of nitrogens with zero attached hydrogens (tertiary/aromatic N) is 3. The third-order valence-corrected chi connectivity index (χ3v) is 3.99. The quantitative estimate of drug-likeness (QED) is 0.790. The first-order valence-electron chi connectivity index (χ1n) is 8.17. The van der Waals surface area contributed by atoms with Gasteiger partial charge in [-0.25, -0.2) is 0 Å². The van der Waals surface area contributed by atoms with Gasteiger partial charge < -0.3 is 9.42 Å². The SMILES string of the molecule is CCCN(Cc1ccc(-c2noc(C(F)(F)F)n2)cc1)C(=O)C1CC1. The molecule has 3 rings (SSSR count). The average molecular weight is 353 g/mol. The van der Waals surface area contributed by atoms with Crippen molar-refractivity contribution in [2.45, 2.75) is 38.9 Å². The molecule has 0 spiro atoms. The maximum Gasteiger partial charge on any atom is 0.471 e. The summed E-state index contributed by atoms with van der Waals surface area (Å²) in [4.78, 5) is 17.5. The summed E-state index contributed by atoms with van der Waals surface area (Å²) in [5.74, 6) is -1.14. The minimum Gasteiger partial charge on any atom is -0.338 e. The van der Waals surface area contributed by atoms with Crippen LogP contribution in [0.2, 0.25) is 0 Å². The van der Waals surface area contributed by atoms with Crippen molar-refractivity contribution in [1.82, 2.24) is 15.0 Å². The monoisotopic (exact) mass is 353 g/mol. The molecule has 1 aliphatic carbocycles. The fraction of sp³-hybridized carbons (Fsp3) is 0.471. The van der Waals surface area contributed by atoms with E-state index in [2.05, 4.69) is 14.7 Å². The Morgan fingerprint density at radius 1 is 1.28 bits per heavy atom. The van der Waals surface area contributed by atoms with Crippen molar-refractivity contribution in [2.24, 2.45) is 5.92 Å². The molecule has 1 saturated carbocycles. The second-order valence-electron chi connectivity index (χ2n) is 6.15. The Morgan fingerprint density at radius 3 is 2.48 bits per heavy atom. The Labute approximate surface area is 142 Å². The van der Waals surface area contributed by atoms with Gasteiger partial charge in [-0.05, 0) is 24.8 Å². The van der Waals surface area contributed by atoms with Crippen LogP contribution in [0, 0.1) is 5.92 Å². The second-order valence-corrected chi connectivity index (χ2v) is 6.15. The zero-order chi connectivity index (χ0) is 18.0. The van der Waals surface area contributed by atoms with Gasteiger partial charge in [0.05, 0.1) is 0 Å². The minimum absolute atomic E-state index is 0.113. The normalized spacial score (nSPS) is 14.6. The summed E-state index contributed by atoms with van der Waals surface area (Å²) in [7, 11) is 0. The molecule has 1 aromatic carbocycles. The number of benzene rings is 1. The fourth-order valence-corrected chi connectivity index (χ4v) is 2.56. The molecule has 1 aromatic heterocycles. The number of hydrogen-bond acceptors (Lipinski definition) is 4. The summed E-state index contributed by atoms with van der Waals surface area (Å²) in [5.41, 5.74) is 1.34. The highest BCUT2D eigenvalue weighted by Gasteiger charge is 2.38. The Bertz CT molecular complexity index is 736. The largest absolute Gasteiger partial charge is 0.471 e. The summed E-state index contributed by atoms with van der Waals surface area (Å²) in [5, 5.41) is 3.36. The van der Waals surface area contributed by atoms with Gasteiger partial charge in [0.25, 0.3) is 0 Å². The maximum absolute atomic E-state index is 12.5. The van der Waals surface area contributed by atoms with Crippen LogP contribution in [-0.4, -0.2) is 27.5 Å². The molecule has 0 bridgehead atoms. The van der Waals surface area contributed by atoms with Crippen LogP contribution in [0.5, 0.6) is 0 Å².